The number of carbonyl (C=O) groups excluding carboxylic acids is 3. The summed E-state index contributed by atoms with van der Waals surface area (Å²) >= 11 is 0. The van der Waals surface area contributed by atoms with Crippen molar-refractivity contribution in [1.82, 2.24) is 15.1 Å². The number of methoxy groups -OCH3 is 1. The minimum absolute atomic E-state index is 0.0435. The first-order chi connectivity index (χ1) is 14.9. The quantitative estimate of drug-likeness (QED) is 0.753. The zero-order chi connectivity index (χ0) is 22.0. The maximum Gasteiger partial charge on any atom is 0.324 e. The van der Waals surface area contributed by atoms with Gasteiger partial charge in [0.25, 0.3) is 5.91 Å². The maximum atomic E-state index is 13.6. The van der Waals surface area contributed by atoms with Crippen molar-refractivity contribution in [2.45, 2.75) is 30.7 Å². The monoisotopic (exact) mass is 421 g/mol. The number of benzene rings is 2. The second-order valence-corrected chi connectivity index (χ2v) is 8.22. The summed E-state index contributed by atoms with van der Waals surface area (Å²) in [6.45, 7) is 0.870. The van der Waals surface area contributed by atoms with Gasteiger partial charge >= 0.3 is 6.03 Å². The molecule has 31 heavy (non-hydrogen) atoms. The van der Waals surface area contributed by atoms with Crippen LogP contribution >= 0.6 is 0 Å². The van der Waals surface area contributed by atoms with Crippen molar-refractivity contribution < 1.29 is 19.1 Å². The molecule has 2 aromatic rings. The molecule has 0 aliphatic carbocycles. The first-order valence-corrected chi connectivity index (χ1v) is 10.5. The number of carbonyl (C=O) groups is 3. The maximum absolute atomic E-state index is 13.6. The Labute approximate surface area is 182 Å². The van der Waals surface area contributed by atoms with Gasteiger partial charge < -0.3 is 15.0 Å². The number of likely N-dealkylation sites (N-methyl/N-ethyl adjacent to an activating group) is 1. The van der Waals surface area contributed by atoms with Crippen molar-refractivity contribution in [3.05, 3.63) is 65.7 Å². The van der Waals surface area contributed by atoms with Gasteiger partial charge in [0.2, 0.25) is 5.91 Å². The second-order valence-electron chi connectivity index (χ2n) is 8.22. The van der Waals surface area contributed by atoms with Gasteiger partial charge in [-0.25, -0.2) is 4.79 Å². The van der Waals surface area contributed by atoms with Crippen molar-refractivity contribution in [2.24, 2.45) is 0 Å². The summed E-state index contributed by atoms with van der Waals surface area (Å²) in [5.74, 6) is 0.297. The number of hydrogen-bond donors (Lipinski definition) is 1. The van der Waals surface area contributed by atoms with Gasteiger partial charge in [-0.2, -0.15) is 0 Å². The van der Waals surface area contributed by atoms with Gasteiger partial charge in [0.05, 0.1) is 13.0 Å². The molecule has 7 nitrogen and oxygen atoms in total. The van der Waals surface area contributed by atoms with E-state index in [1.54, 1.807) is 7.11 Å². The van der Waals surface area contributed by atoms with Crippen molar-refractivity contribution in [3.63, 3.8) is 0 Å². The molecule has 2 fully saturated rings. The number of rotatable bonds is 5. The van der Waals surface area contributed by atoms with Gasteiger partial charge in [-0.05, 0) is 42.5 Å². The van der Waals surface area contributed by atoms with Crippen molar-refractivity contribution in [2.75, 3.05) is 27.2 Å². The summed E-state index contributed by atoms with van der Waals surface area (Å²) in [4.78, 5) is 41.0. The summed E-state index contributed by atoms with van der Waals surface area (Å²) in [7, 11) is 3.12. The predicted octanol–water partition coefficient (Wildman–Crippen LogP) is 2.56. The lowest BCUT2D eigenvalue weighted by Gasteiger charge is -2.38. The van der Waals surface area contributed by atoms with Gasteiger partial charge in [0.1, 0.15) is 11.3 Å². The van der Waals surface area contributed by atoms with E-state index in [0.717, 1.165) is 21.8 Å². The van der Waals surface area contributed by atoms with Crippen molar-refractivity contribution in [1.29, 1.82) is 0 Å². The highest BCUT2D eigenvalue weighted by Crippen LogP contribution is 2.31. The Balaban J connectivity index is 1.51. The first-order valence-electron chi connectivity index (χ1n) is 10.5. The Morgan fingerprint density at radius 1 is 1.06 bits per heavy atom. The molecule has 2 aromatic carbocycles. The van der Waals surface area contributed by atoms with Crippen LogP contribution < -0.4 is 10.1 Å². The van der Waals surface area contributed by atoms with E-state index in [4.69, 9.17) is 4.74 Å². The van der Waals surface area contributed by atoms with Crippen LogP contribution in [0.3, 0.4) is 0 Å². The number of likely N-dealkylation sites (tertiary alicyclic amines) is 1. The van der Waals surface area contributed by atoms with Gasteiger partial charge in [-0.1, -0.05) is 42.5 Å². The summed E-state index contributed by atoms with van der Waals surface area (Å²) in [6, 6.07) is 17.2. The van der Waals surface area contributed by atoms with E-state index >= 15 is 0 Å². The number of nitrogens with one attached hydrogen (secondary N) is 1. The molecule has 0 saturated carbocycles. The Bertz CT molecular complexity index is 966. The fourth-order valence-electron chi connectivity index (χ4n) is 4.45. The van der Waals surface area contributed by atoms with Gasteiger partial charge in [-0.3, -0.25) is 14.5 Å². The molecular weight excluding hydrogens is 394 g/mol. The number of nitrogens with zero attached hydrogens (tertiary/aromatic N) is 2. The molecule has 2 aliphatic rings. The van der Waals surface area contributed by atoms with E-state index in [0.29, 0.717) is 32.4 Å². The first kappa shape index (κ1) is 20.9. The van der Waals surface area contributed by atoms with Crippen LogP contribution in [0.1, 0.15) is 29.9 Å². The van der Waals surface area contributed by atoms with Gasteiger partial charge in [0.15, 0.2) is 0 Å². The van der Waals surface area contributed by atoms with E-state index in [1.165, 1.54) is 7.05 Å². The standard InChI is InChI=1S/C24H27N3O4/c1-26-22(29)24(25-23(26)30)12-14-27(15-13-24)21(28)20(18-6-4-3-5-7-18)16-17-8-10-19(31-2)11-9-17/h3-11,20H,12-16H2,1-2H3,(H,25,30). The molecule has 4 rings (SSSR count). The summed E-state index contributed by atoms with van der Waals surface area (Å²) in [6.07, 6.45) is 1.43. The van der Waals surface area contributed by atoms with Crippen LogP contribution in [0.5, 0.6) is 5.75 Å². The molecule has 0 radical (unpaired) electrons. The molecule has 1 unspecified atom stereocenters. The Morgan fingerprint density at radius 2 is 1.71 bits per heavy atom. The summed E-state index contributed by atoms with van der Waals surface area (Å²) in [5, 5.41) is 2.83. The lowest BCUT2D eigenvalue weighted by atomic mass is 9.85. The van der Waals surface area contributed by atoms with Crippen LogP contribution in [-0.4, -0.2) is 60.4 Å². The molecule has 2 aliphatic heterocycles. The Morgan fingerprint density at radius 3 is 2.26 bits per heavy atom. The number of amides is 4. The smallest absolute Gasteiger partial charge is 0.324 e. The number of hydrogen-bond acceptors (Lipinski definition) is 4. The second kappa shape index (κ2) is 8.41. The fourth-order valence-corrected chi connectivity index (χ4v) is 4.45. The molecule has 1 spiro atoms. The SMILES string of the molecule is COc1ccc(CC(C(=O)N2CCC3(CC2)NC(=O)N(C)C3=O)c2ccccc2)cc1. The van der Waals surface area contributed by atoms with Crippen LogP contribution in [0.25, 0.3) is 0 Å². The summed E-state index contributed by atoms with van der Waals surface area (Å²) in [5.41, 5.74) is 1.14. The fraction of sp³-hybridized carbons (Fsp3) is 0.375. The number of urea groups is 1. The van der Waals surface area contributed by atoms with E-state index in [-0.39, 0.29) is 23.8 Å². The van der Waals surface area contributed by atoms with Gasteiger partial charge in [0, 0.05) is 20.1 Å². The highest BCUT2D eigenvalue weighted by molar-refractivity contribution is 6.06. The highest BCUT2D eigenvalue weighted by atomic mass is 16.5. The van der Waals surface area contributed by atoms with Crippen molar-refractivity contribution in [3.8, 4) is 5.75 Å². The topological polar surface area (TPSA) is 79.0 Å². The number of piperidine rings is 1. The minimum atomic E-state index is -0.874. The van der Waals surface area contributed by atoms with Crippen LogP contribution in [-0.2, 0) is 16.0 Å². The minimum Gasteiger partial charge on any atom is -0.497 e. The molecule has 0 bridgehead atoms. The third-order valence-electron chi connectivity index (χ3n) is 6.39. The lowest BCUT2D eigenvalue weighted by Crippen LogP contribution is -2.56. The largest absolute Gasteiger partial charge is 0.497 e. The van der Waals surface area contributed by atoms with E-state index in [1.807, 2.05) is 59.5 Å². The molecule has 7 heteroatoms. The summed E-state index contributed by atoms with van der Waals surface area (Å²) < 4.78 is 5.24. The Hall–Kier alpha value is -3.35. The van der Waals surface area contributed by atoms with Crippen molar-refractivity contribution >= 4 is 17.8 Å². The molecule has 162 valence electrons. The van der Waals surface area contributed by atoms with Crippen LogP contribution in [0.2, 0.25) is 0 Å². The highest BCUT2D eigenvalue weighted by Gasteiger charge is 2.51. The molecule has 4 amide bonds. The predicted molar refractivity (Wildman–Crippen MR) is 116 cm³/mol. The number of ether oxygens (including phenoxy) is 1. The average Bonchev–Trinajstić information content (AvgIpc) is 3.02. The third kappa shape index (κ3) is 4.00. The van der Waals surface area contributed by atoms with Crippen LogP contribution in [0.15, 0.2) is 54.6 Å². The molecule has 0 aromatic heterocycles. The van der Waals surface area contributed by atoms with Gasteiger partial charge in [-0.15, -0.1) is 0 Å². The molecular formula is C24H27N3O4. The molecule has 2 heterocycles. The zero-order valence-corrected chi connectivity index (χ0v) is 17.8. The average molecular weight is 421 g/mol. The van der Waals surface area contributed by atoms with E-state index in [2.05, 4.69) is 5.32 Å². The molecule has 2 saturated heterocycles. The van der Waals surface area contributed by atoms with E-state index in [9.17, 15) is 14.4 Å². The van der Waals surface area contributed by atoms with Crippen LogP contribution in [0, 0.1) is 0 Å². The Kier molecular flexibility index (Phi) is 5.67. The zero-order valence-electron chi connectivity index (χ0n) is 17.8. The number of imide groups is 1. The normalized spacial score (nSPS) is 18.8. The van der Waals surface area contributed by atoms with Crippen LogP contribution in [0.4, 0.5) is 4.79 Å². The molecule has 1 atom stereocenters. The molecule has 1 N–H and O–H groups in total. The third-order valence-corrected chi connectivity index (χ3v) is 6.39. The van der Waals surface area contributed by atoms with E-state index < -0.39 is 5.54 Å². The lowest BCUT2D eigenvalue weighted by molar-refractivity contribution is -0.139.